The summed E-state index contributed by atoms with van der Waals surface area (Å²) in [7, 11) is 1.81. The molecule has 1 aliphatic carbocycles. The first-order valence-electron chi connectivity index (χ1n) is 8.98. The molecule has 4 heteroatoms. The highest BCUT2D eigenvalue weighted by Crippen LogP contribution is 2.53. The van der Waals surface area contributed by atoms with Gasteiger partial charge in [0.2, 0.25) is 0 Å². The maximum Gasteiger partial charge on any atom is 0.261 e. The van der Waals surface area contributed by atoms with Crippen LogP contribution in [0, 0.1) is 12.3 Å². The number of nitrogens with two attached hydrogens (primary N) is 1. The summed E-state index contributed by atoms with van der Waals surface area (Å²) in [6.45, 7) is 10.2. The van der Waals surface area contributed by atoms with Crippen LogP contribution in [0.3, 0.4) is 0 Å². The highest BCUT2D eigenvalue weighted by atomic mass is 16.2. The van der Waals surface area contributed by atoms with Crippen molar-refractivity contribution in [2.24, 2.45) is 5.41 Å². The maximum absolute atomic E-state index is 13.0. The fraction of sp³-hybridized carbons (Fsp3) is 0.550. The molecule has 2 aliphatic rings. The molecule has 2 fully saturated rings. The van der Waals surface area contributed by atoms with Crippen LogP contribution in [0.25, 0.3) is 0 Å². The van der Waals surface area contributed by atoms with Crippen LogP contribution in [-0.4, -0.2) is 35.8 Å². The van der Waals surface area contributed by atoms with Crippen molar-refractivity contribution in [2.75, 3.05) is 25.9 Å². The van der Waals surface area contributed by atoms with E-state index in [0.717, 1.165) is 36.5 Å². The topological polar surface area (TPSA) is 49.6 Å². The van der Waals surface area contributed by atoms with Crippen molar-refractivity contribution in [3.8, 4) is 0 Å². The van der Waals surface area contributed by atoms with E-state index in [4.69, 9.17) is 5.73 Å². The van der Waals surface area contributed by atoms with E-state index in [2.05, 4.69) is 24.5 Å². The van der Waals surface area contributed by atoms with Crippen LogP contribution in [0.5, 0.6) is 0 Å². The van der Waals surface area contributed by atoms with Gasteiger partial charge in [-0.2, -0.15) is 0 Å². The number of amides is 1. The third kappa shape index (κ3) is 3.02. The van der Waals surface area contributed by atoms with Gasteiger partial charge in [-0.1, -0.05) is 19.6 Å². The SMILES string of the molecule is C=C(N1CCC2(CC1)CC2)N(C)C(=O)c1cc(C)cc(CC)c1N. The number of carbonyl (C=O) groups excluding carboxylic acids is 1. The van der Waals surface area contributed by atoms with Crippen molar-refractivity contribution in [1.29, 1.82) is 0 Å². The number of nitrogen functional groups attached to an aromatic ring is 1. The Bertz CT molecular complexity index is 666. The zero-order chi connectivity index (χ0) is 17.5. The van der Waals surface area contributed by atoms with E-state index in [1.165, 1.54) is 25.7 Å². The Morgan fingerprint density at radius 2 is 1.92 bits per heavy atom. The predicted octanol–water partition coefficient (Wildman–Crippen LogP) is 3.56. The lowest BCUT2D eigenvalue weighted by Gasteiger charge is -2.37. The van der Waals surface area contributed by atoms with E-state index in [1.807, 2.05) is 13.0 Å². The molecule has 2 N–H and O–H groups in total. The number of anilines is 1. The number of piperidine rings is 1. The summed E-state index contributed by atoms with van der Waals surface area (Å²) in [6.07, 6.45) is 6.03. The minimum absolute atomic E-state index is 0.0670. The van der Waals surface area contributed by atoms with Gasteiger partial charge in [0, 0.05) is 25.8 Å². The Morgan fingerprint density at radius 1 is 1.29 bits per heavy atom. The van der Waals surface area contributed by atoms with Crippen molar-refractivity contribution in [3.05, 3.63) is 41.2 Å². The third-order valence-corrected chi connectivity index (χ3v) is 5.86. The van der Waals surface area contributed by atoms with Gasteiger partial charge in [0.25, 0.3) is 5.91 Å². The van der Waals surface area contributed by atoms with Crippen molar-refractivity contribution >= 4 is 11.6 Å². The van der Waals surface area contributed by atoms with Crippen LogP contribution >= 0.6 is 0 Å². The first-order valence-corrected chi connectivity index (χ1v) is 8.98. The molecule has 1 spiro atoms. The Kier molecular flexibility index (Phi) is 4.33. The first-order chi connectivity index (χ1) is 11.4. The van der Waals surface area contributed by atoms with Crippen molar-refractivity contribution in [2.45, 2.75) is 46.0 Å². The van der Waals surface area contributed by atoms with Gasteiger partial charge in [-0.3, -0.25) is 9.69 Å². The second-order valence-electron chi connectivity index (χ2n) is 7.51. The van der Waals surface area contributed by atoms with Gasteiger partial charge in [0.15, 0.2) is 0 Å². The van der Waals surface area contributed by atoms with Gasteiger partial charge < -0.3 is 10.6 Å². The highest BCUT2D eigenvalue weighted by molar-refractivity contribution is 6.00. The maximum atomic E-state index is 13.0. The first kappa shape index (κ1) is 16.9. The summed E-state index contributed by atoms with van der Waals surface area (Å²) in [5.74, 6) is 0.720. The van der Waals surface area contributed by atoms with Gasteiger partial charge in [0.05, 0.1) is 5.56 Å². The molecular formula is C20H29N3O. The van der Waals surface area contributed by atoms with Crippen LogP contribution in [0.15, 0.2) is 24.5 Å². The molecule has 3 rings (SSSR count). The summed E-state index contributed by atoms with van der Waals surface area (Å²) < 4.78 is 0. The van der Waals surface area contributed by atoms with E-state index >= 15 is 0 Å². The molecule has 4 nitrogen and oxygen atoms in total. The quantitative estimate of drug-likeness (QED) is 0.860. The minimum Gasteiger partial charge on any atom is -0.398 e. The molecule has 130 valence electrons. The minimum atomic E-state index is -0.0670. The van der Waals surface area contributed by atoms with E-state index in [-0.39, 0.29) is 5.91 Å². The number of hydrogen-bond donors (Lipinski definition) is 1. The molecule has 0 radical (unpaired) electrons. The number of hydrogen-bond acceptors (Lipinski definition) is 3. The van der Waals surface area contributed by atoms with Crippen LogP contribution in [0.1, 0.15) is 54.1 Å². The van der Waals surface area contributed by atoms with Crippen LogP contribution in [-0.2, 0) is 6.42 Å². The largest absolute Gasteiger partial charge is 0.398 e. The summed E-state index contributed by atoms with van der Waals surface area (Å²) in [6, 6.07) is 3.94. The highest BCUT2D eigenvalue weighted by Gasteiger charge is 2.44. The molecule has 1 heterocycles. The second kappa shape index (κ2) is 6.15. The fourth-order valence-corrected chi connectivity index (χ4v) is 3.77. The molecule has 1 aromatic carbocycles. The van der Waals surface area contributed by atoms with Crippen LogP contribution in [0.4, 0.5) is 5.69 Å². The standard InChI is InChI=1S/C20H29N3O/c1-5-16-12-14(2)13-17(18(16)21)19(24)22(4)15(3)23-10-8-20(6-7-20)9-11-23/h12-13H,3,5-11,21H2,1-2,4H3. The van der Waals surface area contributed by atoms with Gasteiger partial charge in [0.1, 0.15) is 5.82 Å². The molecule has 24 heavy (non-hydrogen) atoms. The fourth-order valence-electron chi connectivity index (χ4n) is 3.77. The lowest BCUT2D eigenvalue weighted by Crippen LogP contribution is -2.41. The summed E-state index contributed by atoms with van der Waals surface area (Å²) in [5, 5.41) is 0. The Hall–Kier alpha value is -1.97. The Labute approximate surface area is 145 Å². The Morgan fingerprint density at radius 3 is 2.46 bits per heavy atom. The van der Waals surface area contributed by atoms with Crippen LogP contribution < -0.4 is 5.73 Å². The summed E-state index contributed by atoms with van der Waals surface area (Å²) >= 11 is 0. The predicted molar refractivity (Wildman–Crippen MR) is 98.7 cm³/mol. The lowest BCUT2D eigenvalue weighted by molar-refractivity contribution is 0.0765. The molecule has 1 amide bonds. The molecule has 0 atom stereocenters. The number of benzene rings is 1. The van der Waals surface area contributed by atoms with Gasteiger partial charge >= 0.3 is 0 Å². The van der Waals surface area contributed by atoms with E-state index in [9.17, 15) is 4.79 Å². The second-order valence-corrected chi connectivity index (χ2v) is 7.51. The molecule has 0 aromatic heterocycles. The van der Waals surface area contributed by atoms with E-state index < -0.39 is 0 Å². The van der Waals surface area contributed by atoms with Crippen molar-refractivity contribution in [3.63, 3.8) is 0 Å². The number of aryl methyl sites for hydroxylation is 2. The molecule has 0 unspecified atom stereocenters. The third-order valence-electron chi connectivity index (χ3n) is 5.86. The lowest BCUT2D eigenvalue weighted by atomic mass is 9.94. The molecular weight excluding hydrogens is 298 g/mol. The average molecular weight is 327 g/mol. The van der Waals surface area contributed by atoms with Gasteiger partial charge in [-0.15, -0.1) is 0 Å². The van der Waals surface area contributed by atoms with Crippen molar-refractivity contribution in [1.82, 2.24) is 9.80 Å². The number of carbonyl (C=O) groups is 1. The Balaban J connectivity index is 1.74. The zero-order valence-corrected chi connectivity index (χ0v) is 15.2. The average Bonchev–Trinajstić information content (AvgIpc) is 3.34. The number of rotatable bonds is 4. The molecule has 1 aromatic rings. The van der Waals surface area contributed by atoms with Crippen molar-refractivity contribution < 1.29 is 4.79 Å². The van der Waals surface area contributed by atoms with E-state index in [0.29, 0.717) is 16.7 Å². The number of likely N-dealkylation sites (tertiary alicyclic amines) is 1. The summed E-state index contributed by atoms with van der Waals surface area (Å²) in [5.41, 5.74) is 10.1. The summed E-state index contributed by atoms with van der Waals surface area (Å²) in [4.78, 5) is 16.9. The molecule has 1 saturated heterocycles. The van der Waals surface area contributed by atoms with Gasteiger partial charge in [-0.05, 0) is 61.6 Å². The normalized spacial score (nSPS) is 18.5. The molecule has 1 saturated carbocycles. The molecule has 0 bridgehead atoms. The number of nitrogens with zero attached hydrogens (tertiary/aromatic N) is 2. The zero-order valence-electron chi connectivity index (χ0n) is 15.2. The van der Waals surface area contributed by atoms with E-state index in [1.54, 1.807) is 11.9 Å². The van der Waals surface area contributed by atoms with Gasteiger partial charge in [-0.25, -0.2) is 0 Å². The smallest absolute Gasteiger partial charge is 0.261 e. The molecule has 1 aliphatic heterocycles. The van der Waals surface area contributed by atoms with Crippen LogP contribution in [0.2, 0.25) is 0 Å². The monoisotopic (exact) mass is 327 g/mol.